The second-order valence-corrected chi connectivity index (χ2v) is 9.79. The van der Waals surface area contributed by atoms with Crippen LogP contribution in [0.4, 0.5) is 0 Å². The lowest BCUT2D eigenvalue weighted by atomic mass is 9.99. The first kappa shape index (κ1) is 30.1. The maximum absolute atomic E-state index is 12.1. The minimum absolute atomic E-state index is 0.0685. The molecule has 0 unspecified atom stereocenters. The van der Waals surface area contributed by atoms with Crippen molar-refractivity contribution in [1.29, 1.82) is 0 Å². The summed E-state index contributed by atoms with van der Waals surface area (Å²) in [6.07, 6.45) is -3.35. The smallest absolute Gasteiger partial charge is 0.306 e. The van der Waals surface area contributed by atoms with Gasteiger partial charge in [-0.1, -0.05) is 13.8 Å². The predicted molar refractivity (Wildman–Crippen MR) is 138 cm³/mol. The van der Waals surface area contributed by atoms with Crippen LogP contribution < -0.4 is 14.8 Å². The first-order valence-electron chi connectivity index (χ1n) is 13.3. The number of fused-ring (bicyclic) bond motifs is 1. The van der Waals surface area contributed by atoms with Crippen molar-refractivity contribution in [2.75, 3.05) is 32.9 Å². The van der Waals surface area contributed by atoms with Gasteiger partial charge < -0.3 is 49.1 Å². The molecule has 1 aliphatic rings. The molecule has 0 saturated carbocycles. The van der Waals surface area contributed by atoms with Crippen molar-refractivity contribution in [3.63, 3.8) is 0 Å². The molecule has 214 valence electrons. The fourth-order valence-electron chi connectivity index (χ4n) is 4.30. The minimum Gasteiger partial charge on any atom is -0.485 e. The number of esters is 1. The van der Waals surface area contributed by atoms with E-state index < -0.39 is 37.3 Å². The quantitative estimate of drug-likeness (QED) is 0.165. The Morgan fingerprint density at radius 2 is 1.92 bits per heavy atom. The molecule has 11 heteroatoms. The summed E-state index contributed by atoms with van der Waals surface area (Å²) in [6, 6.07) is 3.55. The van der Waals surface area contributed by atoms with Crippen molar-refractivity contribution < 1.29 is 48.6 Å². The predicted octanol–water partition coefficient (Wildman–Crippen LogP) is 1.51. The van der Waals surface area contributed by atoms with Crippen LogP contribution in [0.25, 0.3) is 11.0 Å². The van der Waals surface area contributed by atoms with Crippen molar-refractivity contribution >= 4 is 16.9 Å². The summed E-state index contributed by atoms with van der Waals surface area (Å²) in [5.41, 5.74) is 0.980. The summed E-state index contributed by atoms with van der Waals surface area (Å²) in [4.78, 5) is 12.1. The largest absolute Gasteiger partial charge is 0.485 e. The van der Waals surface area contributed by atoms with Gasteiger partial charge in [0.25, 0.3) is 0 Å². The zero-order chi connectivity index (χ0) is 27.7. The Balaban J connectivity index is 1.86. The van der Waals surface area contributed by atoms with E-state index in [1.165, 1.54) is 6.26 Å². The molecule has 0 radical (unpaired) electrons. The number of aliphatic hydroxyl groups is 4. The first-order chi connectivity index (χ1) is 18.3. The summed E-state index contributed by atoms with van der Waals surface area (Å²) in [5.74, 6) is 0.680. The summed E-state index contributed by atoms with van der Waals surface area (Å²) in [7, 11) is 0. The molecule has 0 spiro atoms. The number of benzene rings is 1. The number of aryl methyl sites for hydroxylation is 1. The van der Waals surface area contributed by atoms with Gasteiger partial charge in [-0.3, -0.25) is 4.79 Å². The van der Waals surface area contributed by atoms with E-state index >= 15 is 0 Å². The lowest BCUT2D eigenvalue weighted by Crippen LogP contribution is -2.60. The molecular weight excluding hydrogens is 498 g/mol. The van der Waals surface area contributed by atoms with Crippen LogP contribution in [0.2, 0.25) is 0 Å². The molecule has 2 heterocycles. The zero-order valence-electron chi connectivity index (χ0n) is 22.3. The minimum atomic E-state index is -1.62. The van der Waals surface area contributed by atoms with E-state index in [9.17, 15) is 25.2 Å². The SMILES string of the molecule is CCOC(=O)CCc1cc2ccoc2c(OCCNCCCC(C)C)c1O[C@H]1O[C@H](CO)[C@@H](O)[C@H](O)[C@H]1O. The Hall–Kier alpha value is -2.41. The third kappa shape index (κ3) is 7.81. The van der Waals surface area contributed by atoms with Crippen LogP contribution in [-0.2, 0) is 20.7 Å². The summed E-state index contributed by atoms with van der Waals surface area (Å²) in [5, 5.41) is 44.6. The van der Waals surface area contributed by atoms with Crippen LogP contribution in [-0.4, -0.2) is 90.0 Å². The number of carbonyl (C=O) groups is 1. The highest BCUT2D eigenvalue weighted by molar-refractivity contribution is 5.87. The third-order valence-corrected chi connectivity index (χ3v) is 6.38. The van der Waals surface area contributed by atoms with Gasteiger partial charge in [-0.2, -0.15) is 0 Å². The van der Waals surface area contributed by atoms with Crippen molar-refractivity contribution in [2.45, 2.75) is 77.2 Å². The number of hydrogen-bond acceptors (Lipinski definition) is 11. The number of hydrogen-bond donors (Lipinski definition) is 5. The van der Waals surface area contributed by atoms with Gasteiger partial charge in [0.05, 0.1) is 19.5 Å². The van der Waals surface area contributed by atoms with Crippen molar-refractivity contribution in [3.05, 3.63) is 24.0 Å². The molecule has 1 fully saturated rings. The molecule has 1 aromatic carbocycles. The first-order valence-corrected chi connectivity index (χ1v) is 13.3. The molecule has 3 rings (SSSR count). The summed E-state index contributed by atoms with van der Waals surface area (Å²) >= 11 is 0. The molecule has 2 aromatic rings. The summed E-state index contributed by atoms with van der Waals surface area (Å²) in [6.45, 7) is 7.46. The Morgan fingerprint density at radius 1 is 1.13 bits per heavy atom. The van der Waals surface area contributed by atoms with Gasteiger partial charge in [-0.15, -0.1) is 0 Å². The van der Waals surface area contributed by atoms with E-state index in [-0.39, 0.29) is 43.5 Å². The van der Waals surface area contributed by atoms with Gasteiger partial charge in [-0.05, 0) is 56.3 Å². The molecule has 5 N–H and O–H groups in total. The van der Waals surface area contributed by atoms with E-state index in [1.807, 2.05) is 0 Å². The monoisotopic (exact) mass is 539 g/mol. The number of carbonyl (C=O) groups excluding carboxylic acids is 1. The number of nitrogens with one attached hydrogen (secondary N) is 1. The molecule has 0 bridgehead atoms. The van der Waals surface area contributed by atoms with Gasteiger partial charge in [-0.25, -0.2) is 0 Å². The molecule has 0 aliphatic carbocycles. The summed E-state index contributed by atoms with van der Waals surface area (Å²) < 4.78 is 28.5. The average Bonchev–Trinajstić information content (AvgIpc) is 3.36. The number of ether oxygens (including phenoxy) is 4. The Bertz CT molecular complexity index is 1010. The molecule has 0 amide bonds. The number of furan rings is 1. The zero-order valence-corrected chi connectivity index (χ0v) is 22.3. The topological polar surface area (TPSA) is 160 Å². The Kier molecular flexibility index (Phi) is 11.6. The highest BCUT2D eigenvalue weighted by atomic mass is 16.7. The van der Waals surface area contributed by atoms with Crippen LogP contribution in [0, 0.1) is 5.92 Å². The molecule has 1 aliphatic heterocycles. The van der Waals surface area contributed by atoms with Gasteiger partial charge >= 0.3 is 5.97 Å². The van der Waals surface area contributed by atoms with Gasteiger partial charge in [0.1, 0.15) is 31.0 Å². The molecule has 11 nitrogen and oxygen atoms in total. The van der Waals surface area contributed by atoms with Gasteiger partial charge in [0, 0.05) is 18.4 Å². The second-order valence-electron chi connectivity index (χ2n) is 9.79. The van der Waals surface area contributed by atoms with Crippen LogP contribution in [0.1, 0.15) is 45.6 Å². The molecule has 5 atom stereocenters. The Morgan fingerprint density at radius 3 is 2.63 bits per heavy atom. The average molecular weight is 540 g/mol. The van der Waals surface area contributed by atoms with E-state index in [2.05, 4.69) is 19.2 Å². The van der Waals surface area contributed by atoms with Crippen molar-refractivity contribution in [1.82, 2.24) is 5.32 Å². The second kappa shape index (κ2) is 14.7. The highest BCUT2D eigenvalue weighted by Crippen LogP contribution is 2.42. The van der Waals surface area contributed by atoms with E-state index in [0.29, 0.717) is 23.6 Å². The van der Waals surface area contributed by atoms with Crippen LogP contribution in [0.15, 0.2) is 22.8 Å². The molecule has 38 heavy (non-hydrogen) atoms. The molecule has 1 saturated heterocycles. The highest BCUT2D eigenvalue weighted by Gasteiger charge is 2.45. The maximum Gasteiger partial charge on any atom is 0.306 e. The van der Waals surface area contributed by atoms with Crippen LogP contribution >= 0.6 is 0 Å². The van der Waals surface area contributed by atoms with Crippen molar-refractivity contribution in [3.8, 4) is 11.5 Å². The lowest BCUT2D eigenvalue weighted by Gasteiger charge is -2.39. The number of rotatable bonds is 15. The molecule has 1 aromatic heterocycles. The van der Waals surface area contributed by atoms with Gasteiger partial charge in [0.15, 0.2) is 11.3 Å². The standard InChI is InChI=1S/C27H41NO10/c1-4-34-20(30)8-7-17-14-18-9-12-35-24(18)26(36-13-11-28-10-5-6-16(2)3)25(17)38-27-23(33)22(32)21(31)19(15-29)37-27/h9,12,14,16,19,21-23,27-29,31-33H,4-8,10-11,13,15H2,1-3H3/t19-,21-,22+,23-,27-/m1/s1. The number of aliphatic hydroxyl groups excluding tert-OH is 4. The van der Waals surface area contributed by atoms with Crippen LogP contribution in [0.5, 0.6) is 11.5 Å². The fourth-order valence-corrected chi connectivity index (χ4v) is 4.30. The van der Waals surface area contributed by atoms with E-state index in [0.717, 1.165) is 24.8 Å². The molecular formula is C27H41NO10. The van der Waals surface area contributed by atoms with E-state index in [1.54, 1.807) is 19.1 Å². The van der Waals surface area contributed by atoms with Crippen molar-refractivity contribution in [2.24, 2.45) is 5.92 Å². The van der Waals surface area contributed by atoms with Gasteiger partial charge in [0.2, 0.25) is 12.0 Å². The Labute approximate surface area is 222 Å². The van der Waals surface area contributed by atoms with Crippen LogP contribution in [0.3, 0.4) is 0 Å². The fraction of sp³-hybridized carbons (Fsp3) is 0.667. The lowest BCUT2D eigenvalue weighted by molar-refractivity contribution is -0.277. The van der Waals surface area contributed by atoms with E-state index in [4.69, 9.17) is 23.4 Å². The maximum atomic E-state index is 12.1. The normalized spacial score (nSPS) is 23.6. The third-order valence-electron chi connectivity index (χ3n) is 6.38.